The molecule has 76 valence electrons. The van der Waals surface area contributed by atoms with E-state index >= 15 is 0 Å². The Balaban J connectivity index is 2.13. The van der Waals surface area contributed by atoms with Crippen molar-refractivity contribution in [2.75, 3.05) is 13.6 Å². The molecule has 0 spiro atoms. The summed E-state index contributed by atoms with van der Waals surface area (Å²) in [6.45, 7) is 0.857. The second-order valence-electron chi connectivity index (χ2n) is 3.53. The summed E-state index contributed by atoms with van der Waals surface area (Å²) in [4.78, 5) is 12.0. The van der Waals surface area contributed by atoms with Gasteiger partial charge in [-0.1, -0.05) is 30.3 Å². The molecule has 0 aromatic heterocycles. The van der Waals surface area contributed by atoms with Gasteiger partial charge in [-0.3, -0.25) is 4.79 Å². The molecular weight excluding hydrogens is 174 g/mol. The molecule has 0 radical (unpaired) electrons. The van der Waals surface area contributed by atoms with Gasteiger partial charge in [-0.25, -0.2) is 0 Å². The molecule has 0 aliphatic carbocycles. The lowest BCUT2D eigenvalue weighted by atomic mass is 10.1. The molecule has 0 saturated carbocycles. The van der Waals surface area contributed by atoms with Crippen LogP contribution < -0.4 is 0 Å². The van der Waals surface area contributed by atoms with Gasteiger partial charge in [-0.15, -0.1) is 0 Å². The van der Waals surface area contributed by atoms with E-state index in [1.807, 2.05) is 13.1 Å². The Morgan fingerprint density at radius 1 is 1.21 bits per heavy atom. The van der Waals surface area contributed by atoms with Crippen LogP contribution in [0, 0.1) is 0 Å². The first-order chi connectivity index (χ1) is 6.83. The lowest BCUT2D eigenvalue weighted by Gasteiger charge is -2.09. The summed E-state index contributed by atoms with van der Waals surface area (Å²) < 4.78 is 0. The SMILES string of the molecule is CN(C=O)CCCCc1ccccc1. The second kappa shape index (κ2) is 6.19. The first-order valence-electron chi connectivity index (χ1n) is 5.02. The first-order valence-corrected chi connectivity index (χ1v) is 5.02. The molecule has 0 fully saturated rings. The van der Waals surface area contributed by atoms with Gasteiger partial charge in [0.1, 0.15) is 0 Å². The summed E-state index contributed by atoms with van der Waals surface area (Å²) in [5.74, 6) is 0. The molecule has 1 aromatic carbocycles. The average molecular weight is 191 g/mol. The van der Waals surface area contributed by atoms with Crippen LogP contribution in [0.3, 0.4) is 0 Å². The number of unbranched alkanes of at least 4 members (excludes halogenated alkanes) is 1. The fourth-order valence-electron chi connectivity index (χ4n) is 1.39. The minimum atomic E-state index is 0.857. The zero-order valence-electron chi connectivity index (χ0n) is 8.65. The molecular formula is C12H17NO. The third kappa shape index (κ3) is 4.08. The Labute approximate surface area is 85.5 Å². The van der Waals surface area contributed by atoms with Crippen molar-refractivity contribution in [3.05, 3.63) is 35.9 Å². The largest absolute Gasteiger partial charge is 0.348 e. The van der Waals surface area contributed by atoms with Crippen LogP contribution in [0.5, 0.6) is 0 Å². The van der Waals surface area contributed by atoms with Crippen molar-refractivity contribution in [2.45, 2.75) is 19.3 Å². The number of amides is 1. The molecule has 14 heavy (non-hydrogen) atoms. The third-order valence-electron chi connectivity index (χ3n) is 2.25. The van der Waals surface area contributed by atoms with Gasteiger partial charge in [-0.2, -0.15) is 0 Å². The van der Waals surface area contributed by atoms with Gasteiger partial charge in [0.25, 0.3) is 0 Å². The molecule has 1 aromatic rings. The van der Waals surface area contributed by atoms with Crippen LogP contribution in [-0.4, -0.2) is 24.9 Å². The minimum Gasteiger partial charge on any atom is -0.348 e. The number of carbonyl (C=O) groups excluding carboxylic acids is 1. The number of benzene rings is 1. The number of hydrogen-bond donors (Lipinski definition) is 0. The summed E-state index contributed by atoms with van der Waals surface area (Å²) in [6, 6.07) is 10.4. The van der Waals surface area contributed by atoms with Gasteiger partial charge < -0.3 is 4.90 Å². The highest BCUT2D eigenvalue weighted by molar-refractivity contribution is 5.46. The second-order valence-corrected chi connectivity index (χ2v) is 3.53. The Kier molecular flexibility index (Phi) is 4.76. The number of aryl methyl sites for hydroxylation is 1. The van der Waals surface area contributed by atoms with Crippen LogP contribution >= 0.6 is 0 Å². The predicted molar refractivity (Wildman–Crippen MR) is 58.1 cm³/mol. The maximum atomic E-state index is 10.3. The highest BCUT2D eigenvalue weighted by atomic mass is 16.1. The summed E-state index contributed by atoms with van der Waals surface area (Å²) in [5.41, 5.74) is 1.38. The van der Waals surface area contributed by atoms with Crippen molar-refractivity contribution in [3.63, 3.8) is 0 Å². The molecule has 2 nitrogen and oxygen atoms in total. The first kappa shape index (κ1) is 10.8. The number of hydrogen-bond acceptors (Lipinski definition) is 1. The lowest BCUT2D eigenvalue weighted by Crippen LogP contribution is -2.16. The van der Waals surface area contributed by atoms with E-state index in [4.69, 9.17) is 0 Å². The van der Waals surface area contributed by atoms with Crippen LogP contribution in [0.15, 0.2) is 30.3 Å². The summed E-state index contributed by atoms with van der Waals surface area (Å²) in [7, 11) is 1.81. The van der Waals surface area contributed by atoms with Gasteiger partial charge >= 0.3 is 0 Å². The molecule has 1 rings (SSSR count). The quantitative estimate of drug-likeness (QED) is 0.498. The van der Waals surface area contributed by atoms with Crippen molar-refractivity contribution in [3.8, 4) is 0 Å². The molecule has 1 amide bonds. The number of rotatable bonds is 6. The number of carbonyl (C=O) groups is 1. The third-order valence-corrected chi connectivity index (χ3v) is 2.25. The van der Waals surface area contributed by atoms with Crippen LogP contribution in [0.4, 0.5) is 0 Å². The molecule has 0 unspecified atom stereocenters. The van der Waals surface area contributed by atoms with E-state index in [-0.39, 0.29) is 0 Å². The molecule has 2 heteroatoms. The Morgan fingerprint density at radius 3 is 2.57 bits per heavy atom. The Hall–Kier alpha value is -1.31. The van der Waals surface area contributed by atoms with Crippen molar-refractivity contribution in [1.82, 2.24) is 4.90 Å². The fourth-order valence-corrected chi connectivity index (χ4v) is 1.39. The Morgan fingerprint density at radius 2 is 1.93 bits per heavy atom. The summed E-state index contributed by atoms with van der Waals surface area (Å²) in [5, 5.41) is 0. The van der Waals surface area contributed by atoms with E-state index in [0.717, 1.165) is 32.2 Å². The topological polar surface area (TPSA) is 20.3 Å². The monoisotopic (exact) mass is 191 g/mol. The van der Waals surface area contributed by atoms with Gasteiger partial charge in [-0.05, 0) is 24.8 Å². The highest BCUT2D eigenvalue weighted by Crippen LogP contribution is 2.04. The van der Waals surface area contributed by atoms with Crippen molar-refractivity contribution < 1.29 is 4.79 Å². The van der Waals surface area contributed by atoms with Crippen LogP contribution in [-0.2, 0) is 11.2 Å². The normalized spacial score (nSPS) is 9.79. The van der Waals surface area contributed by atoms with E-state index < -0.39 is 0 Å². The predicted octanol–water partition coefficient (Wildman–Crippen LogP) is 2.10. The van der Waals surface area contributed by atoms with Crippen molar-refractivity contribution in [1.29, 1.82) is 0 Å². The molecule has 0 N–H and O–H groups in total. The summed E-state index contributed by atoms with van der Waals surface area (Å²) >= 11 is 0. The highest BCUT2D eigenvalue weighted by Gasteiger charge is 1.94. The Bertz CT molecular complexity index is 258. The molecule has 0 aliphatic heterocycles. The van der Waals surface area contributed by atoms with Gasteiger partial charge in [0, 0.05) is 13.6 Å². The smallest absolute Gasteiger partial charge is 0.209 e. The van der Waals surface area contributed by atoms with Crippen molar-refractivity contribution in [2.24, 2.45) is 0 Å². The van der Waals surface area contributed by atoms with Gasteiger partial charge in [0.2, 0.25) is 6.41 Å². The van der Waals surface area contributed by atoms with Gasteiger partial charge in [0.15, 0.2) is 0 Å². The number of nitrogens with zero attached hydrogens (tertiary/aromatic N) is 1. The van der Waals surface area contributed by atoms with Crippen LogP contribution in [0.2, 0.25) is 0 Å². The maximum Gasteiger partial charge on any atom is 0.209 e. The lowest BCUT2D eigenvalue weighted by molar-refractivity contribution is -0.117. The minimum absolute atomic E-state index is 0.857. The van der Waals surface area contributed by atoms with Crippen molar-refractivity contribution >= 4 is 6.41 Å². The van der Waals surface area contributed by atoms with E-state index in [9.17, 15) is 4.79 Å². The molecule has 0 aliphatic rings. The molecule has 0 atom stereocenters. The average Bonchev–Trinajstić information content (AvgIpc) is 2.25. The van der Waals surface area contributed by atoms with Crippen LogP contribution in [0.1, 0.15) is 18.4 Å². The fraction of sp³-hybridized carbons (Fsp3) is 0.417. The molecule has 0 saturated heterocycles. The van der Waals surface area contributed by atoms with E-state index in [1.165, 1.54) is 5.56 Å². The zero-order valence-corrected chi connectivity index (χ0v) is 8.65. The standard InChI is InChI=1S/C12H17NO/c1-13(11-14)10-6-5-9-12-7-3-2-4-8-12/h2-4,7-8,11H,5-6,9-10H2,1H3. The van der Waals surface area contributed by atoms with E-state index in [0.29, 0.717) is 0 Å². The molecule has 0 bridgehead atoms. The molecule has 0 heterocycles. The summed E-state index contributed by atoms with van der Waals surface area (Å²) in [6.07, 6.45) is 4.20. The van der Waals surface area contributed by atoms with Crippen LogP contribution in [0.25, 0.3) is 0 Å². The van der Waals surface area contributed by atoms with Gasteiger partial charge in [0.05, 0.1) is 0 Å². The maximum absolute atomic E-state index is 10.3. The van der Waals surface area contributed by atoms with E-state index in [1.54, 1.807) is 4.90 Å². The van der Waals surface area contributed by atoms with E-state index in [2.05, 4.69) is 24.3 Å². The zero-order chi connectivity index (χ0) is 10.2.